The van der Waals surface area contributed by atoms with Crippen molar-refractivity contribution >= 4 is 5.91 Å². The lowest BCUT2D eigenvalue weighted by Gasteiger charge is -2.18. The van der Waals surface area contributed by atoms with Gasteiger partial charge in [0.2, 0.25) is 5.91 Å². The van der Waals surface area contributed by atoms with Crippen LogP contribution in [0.15, 0.2) is 0 Å². The highest BCUT2D eigenvalue weighted by Crippen LogP contribution is 2.10. The fourth-order valence-corrected chi connectivity index (χ4v) is 1.64. The highest BCUT2D eigenvalue weighted by atomic mass is 16.2. The van der Waals surface area contributed by atoms with Gasteiger partial charge >= 0.3 is 0 Å². The summed E-state index contributed by atoms with van der Waals surface area (Å²) in [6.07, 6.45) is 2.58. The second-order valence-corrected chi connectivity index (χ2v) is 4.12. The summed E-state index contributed by atoms with van der Waals surface area (Å²) in [5.41, 5.74) is 0. The molecule has 1 aliphatic heterocycles. The molecule has 3 nitrogen and oxygen atoms in total. The topological polar surface area (TPSA) is 23.6 Å². The van der Waals surface area contributed by atoms with Gasteiger partial charge in [-0.2, -0.15) is 0 Å². The first-order valence-electron chi connectivity index (χ1n) is 5.55. The number of likely N-dealkylation sites (tertiary alicyclic amines) is 1. The number of hydrogen-bond acceptors (Lipinski definition) is 2. The number of carbonyl (C=O) groups is 1. The van der Waals surface area contributed by atoms with E-state index in [9.17, 15) is 4.79 Å². The zero-order valence-electron chi connectivity index (χ0n) is 9.92. The molecular formula is C12H20N2O. The van der Waals surface area contributed by atoms with Gasteiger partial charge in [-0.15, -0.1) is 0 Å². The summed E-state index contributed by atoms with van der Waals surface area (Å²) in [5.74, 6) is 6.32. The fourth-order valence-electron chi connectivity index (χ4n) is 1.64. The van der Waals surface area contributed by atoms with Crippen LogP contribution in [0, 0.1) is 11.8 Å². The zero-order chi connectivity index (χ0) is 11.3. The molecule has 0 aromatic carbocycles. The molecule has 0 bridgehead atoms. The van der Waals surface area contributed by atoms with E-state index in [0.717, 1.165) is 0 Å². The van der Waals surface area contributed by atoms with Gasteiger partial charge in [-0.3, -0.25) is 9.69 Å². The molecule has 0 aromatic rings. The largest absolute Gasteiger partial charge is 0.335 e. The van der Waals surface area contributed by atoms with Crippen molar-refractivity contribution in [3.8, 4) is 11.8 Å². The van der Waals surface area contributed by atoms with E-state index >= 15 is 0 Å². The molecule has 1 amide bonds. The molecule has 0 aromatic heterocycles. The Balaban J connectivity index is 2.33. The van der Waals surface area contributed by atoms with Crippen molar-refractivity contribution in [3.63, 3.8) is 0 Å². The van der Waals surface area contributed by atoms with Gasteiger partial charge < -0.3 is 4.90 Å². The van der Waals surface area contributed by atoms with Crippen molar-refractivity contribution in [1.29, 1.82) is 0 Å². The van der Waals surface area contributed by atoms with E-state index in [4.69, 9.17) is 0 Å². The van der Waals surface area contributed by atoms with E-state index in [-0.39, 0.29) is 5.91 Å². The van der Waals surface area contributed by atoms with Crippen molar-refractivity contribution in [2.24, 2.45) is 0 Å². The molecule has 1 aliphatic rings. The molecule has 84 valence electrons. The van der Waals surface area contributed by atoms with Crippen LogP contribution in [0.1, 0.15) is 26.7 Å². The third-order valence-electron chi connectivity index (χ3n) is 2.85. The van der Waals surface area contributed by atoms with E-state index in [1.807, 2.05) is 0 Å². The second kappa shape index (κ2) is 5.77. The Morgan fingerprint density at radius 3 is 2.60 bits per heavy atom. The fraction of sp³-hybridized carbons (Fsp3) is 0.750. The molecule has 1 unspecified atom stereocenters. The summed E-state index contributed by atoms with van der Waals surface area (Å²) < 4.78 is 0. The third-order valence-corrected chi connectivity index (χ3v) is 2.85. The number of nitrogens with zero attached hydrogens (tertiary/aromatic N) is 2. The number of amides is 1. The minimum Gasteiger partial charge on any atom is -0.335 e. The van der Waals surface area contributed by atoms with Crippen LogP contribution in [0.4, 0.5) is 0 Å². The molecule has 1 fully saturated rings. The van der Waals surface area contributed by atoms with Crippen LogP contribution in [0.25, 0.3) is 0 Å². The van der Waals surface area contributed by atoms with Crippen molar-refractivity contribution in [2.45, 2.75) is 32.7 Å². The van der Waals surface area contributed by atoms with Gasteiger partial charge in [0, 0.05) is 14.0 Å². The molecule has 15 heavy (non-hydrogen) atoms. The normalized spacial score (nSPS) is 18.1. The summed E-state index contributed by atoms with van der Waals surface area (Å²) in [7, 11) is 1.78. The van der Waals surface area contributed by atoms with Gasteiger partial charge in [-0.25, -0.2) is 0 Å². The summed E-state index contributed by atoms with van der Waals surface area (Å²) >= 11 is 0. The highest BCUT2D eigenvalue weighted by Gasteiger charge is 2.15. The van der Waals surface area contributed by atoms with Crippen LogP contribution >= 0.6 is 0 Å². The molecule has 0 spiro atoms. The monoisotopic (exact) mass is 208 g/mol. The summed E-state index contributed by atoms with van der Waals surface area (Å²) in [4.78, 5) is 14.9. The van der Waals surface area contributed by atoms with Gasteiger partial charge in [0.05, 0.1) is 12.6 Å². The number of rotatable bonds is 2. The van der Waals surface area contributed by atoms with Crippen LogP contribution in [0.2, 0.25) is 0 Å². The molecule has 0 aliphatic carbocycles. The molecule has 0 saturated carbocycles. The zero-order valence-corrected chi connectivity index (χ0v) is 9.92. The summed E-state index contributed by atoms with van der Waals surface area (Å²) in [6.45, 7) is 6.56. The average Bonchev–Trinajstić information content (AvgIpc) is 2.70. The smallest absolute Gasteiger partial charge is 0.219 e. The Morgan fingerprint density at radius 1 is 1.47 bits per heavy atom. The van der Waals surface area contributed by atoms with Crippen molar-refractivity contribution in [2.75, 3.05) is 26.7 Å². The van der Waals surface area contributed by atoms with Gasteiger partial charge in [0.15, 0.2) is 0 Å². The van der Waals surface area contributed by atoms with Crippen LogP contribution in [0.5, 0.6) is 0 Å². The first-order chi connectivity index (χ1) is 7.11. The molecular weight excluding hydrogens is 188 g/mol. The van der Waals surface area contributed by atoms with E-state index in [1.54, 1.807) is 18.9 Å². The van der Waals surface area contributed by atoms with Crippen LogP contribution in [0.3, 0.4) is 0 Å². The van der Waals surface area contributed by atoms with Crippen LogP contribution in [-0.4, -0.2) is 48.4 Å². The predicted octanol–water partition coefficient (Wildman–Crippen LogP) is 0.952. The average molecular weight is 208 g/mol. The lowest BCUT2D eigenvalue weighted by molar-refractivity contribution is -0.126. The Bertz CT molecular complexity index is 271. The van der Waals surface area contributed by atoms with Crippen molar-refractivity contribution < 1.29 is 4.79 Å². The minimum atomic E-state index is 0.0677. The van der Waals surface area contributed by atoms with Crippen LogP contribution < -0.4 is 0 Å². The summed E-state index contributed by atoms with van der Waals surface area (Å²) in [5, 5.41) is 0. The number of carbonyl (C=O) groups excluding carboxylic acids is 1. The molecule has 0 radical (unpaired) electrons. The Morgan fingerprint density at radius 2 is 2.07 bits per heavy atom. The first-order valence-corrected chi connectivity index (χ1v) is 5.55. The molecule has 1 heterocycles. The van der Waals surface area contributed by atoms with E-state index in [1.165, 1.54) is 25.9 Å². The SMILES string of the molecule is CC(=O)N(C)CC#CC(C)N1CCCC1. The molecule has 1 rings (SSSR count). The quantitative estimate of drug-likeness (QED) is 0.631. The Kier molecular flexibility index (Phi) is 4.64. The first kappa shape index (κ1) is 12.1. The summed E-state index contributed by atoms with van der Waals surface area (Å²) in [6, 6.07) is 0.327. The molecule has 3 heteroatoms. The predicted molar refractivity (Wildman–Crippen MR) is 61.4 cm³/mol. The standard InChI is InChI=1S/C12H20N2O/c1-11(14-9-4-5-10-14)7-6-8-13(3)12(2)15/h11H,4-5,8-10H2,1-3H3. The number of hydrogen-bond donors (Lipinski definition) is 0. The van der Waals surface area contributed by atoms with Gasteiger partial charge in [-0.05, 0) is 32.9 Å². The van der Waals surface area contributed by atoms with E-state index in [2.05, 4.69) is 23.7 Å². The van der Waals surface area contributed by atoms with Gasteiger partial charge in [-0.1, -0.05) is 11.8 Å². The lowest BCUT2D eigenvalue weighted by Crippen LogP contribution is -2.29. The van der Waals surface area contributed by atoms with Gasteiger partial charge in [0.25, 0.3) is 0 Å². The lowest BCUT2D eigenvalue weighted by atomic mass is 10.3. The maximum absolute atomic E-state index is 10.9. The van der Waals surface area contributed by atoms with E-state index < -0.39 is 0 Å². The second-order valence-electron chi connectivity index (χ2n) is 4.12. The van der Waals surface area contributed by atoms with E-state index in [0.29, 0.717) is 12.6 Å². The Hall–Kier alpha value is -1.01. The maximum Gasteiger partial charge on any atom is 0.219 e. The van der Waals surface area contributed by atoms with Crippen molar-refractivity contribution in [3.05, 3.63) is 0 Å². The molecule has 1 saturated heterocycles. The van der Waals surface area contributed by atoms with Crippen molar-refractivity contribution in [1.82, 2.24) is 9.80 Å². The highest BCUT2D eigenvalue weighted by molar-refractivity contribution is 5.73. The van der Waals surface area contributed by atoms with Gasteiger partial charge in [0.1, 0.15) is 0 Å². The molecule has 0 N–H and O–H groups in total. The maximum atomic E-state index is 10.9. The minimum absolute atomic E-state index is 0.0677. The van der Waals surface area contributed by atoms with Crippen LogP contribution in [-0.2, 0) is 4.79 Å². The Labute approximate surface area is 92.4 Å². The third kappa shape index (κ3) is 3.93. The molecule has 1 atom stereocenters.